The van der Waals surface area contributed by atoms with E-state index < -0.39 is 12.1 Å². The highest BCUT2D eigenvalue weighted by Gasteiger charge is 2.23. The zero-order valence-electron chi connectivity index (χ0n) is 5.79. The molecule has 0 saturated carbocycles. The maximum absolute atomic E-state index is 10.4. The second kappa shape index (κ2) is 2.42. The van der Waals surface area contributed by atoms with Crippen LogP contribution in [0.15, 0.2) is 11.1 Å². The molecule has 0 aromatic heterocycles. The highest BCUT2D eigenvalue weighted by Crippen LogP contribution is 2.25. The van der Waals surface area contributed by atoms with Gasteiger partial charge in [-0.25, -0.2) is 4.79 Å². The molecule has 2 N–H and O–H groups in total. The largest absolute Gasteiger partial charge is 0.478 e. The summed E-state index contributed by atoms with van der Waals surface area (Å²) in [5.74, 6) is -0.894. The molecule has 0 fully saturated rings. The molecule has 0 saturated heterocycles. The lowest BCUT2D eigenvalue weighted by atomic mass is 10.2. The van der Waals surface area contributed by atoms with Crippen molar-refractivity contribution < 1.29 is 15.0 Å². The van der Waals surface area contributed by atoms with Gasteiger partial charge in [-0.15, -0.1) is 0 Å². The molecular formula is C7H10O3. The van der Waals surface area contributed by atoms with E-state index in [2.05, 4.69) is 0 Å². The van der Waals surface area contributed by atoms with Crippen molar-refractivity contribution in [2.75, 3.05) is 0 Å². The topological polar surface area (TPSA) is 57.5 Å². The molecule has 0 heterocycles. The van der Waals surface area contributed by atoms with Gasteiger partial charge >= 0.3 is 5.97 Å². The first-order valence-corrected chi connectivity index (χ1v) is 3.24. The normalized spacial score (nSPS) is 25.6. The number of hydrogen-bond acceptors (Lipinski definition) is 2. The lowest BCUT2D eigenvalue weighted by Crippen LogP contribution is -2.03. The highest BCUT2D eigenvalue weighted by atomic mass is 16.4. The fraction of sp³-hybridized carbons (Fsp3) is 0.571. The molecule has 0 spiro atoms. The summed E-state index contributed by atoms with van der Waals surface area (Å²) in [6.45, 7) is 1.67. The second-order valence-electron chi connectivity index (χ2n) is 2.52. The number of aliphatic hydroxyl groups is 1. The van der Waals surface area contributed by atoms with Crippen molar-refractivity contribution >= 4 is 5.97 Å². The van der Waals surface area contributed by atoms with E-state index >= 15 is 0 Å². The monoisotopic (exact) mass is 142 g/mol. The summed E-state index contributed by atoms with van der Waals surface area (Å²) in [5, 5.41) is 17.6. The lowest BCUT2D eigenvalue weighted by molar-refractivity contribution is -0.132. The van der Waals surface area contributed by atoms with Crippen LogP contribution in [-0.4, -0.2) is 22.3 Å². The number of hydrogen-bond donors (Lipinski definition) is 2. The molecule has 0 aliphatic heterocycles. The van der Waals surface area contributed by atoms with Crippen molar-refractivity contribution in [3.8, 4) is 0 Å². The zero-order chi connectivity index (χ0) is 7.72. The van der Waals surface area contributed by atoms with Crippen molar-refractivity contribution in [1.82, 2.24) is 0 Å². The molecule has 0 bridgehead atoms. The van der Waals surface area contributed by atoms with E-state index in [9.17, 15) is 4.79 Å². The molecule has 1 aliphatic rings. The minimum Gasteiger partial charge on any atom is -0.478 e. The smallest absolute Gasteiger partial charge is 0.331 e. The van der Waals surface area contributed by atoms with Crippen molar-refractivity contribution in [3.05, 3.63) is 11.1 Å². The Labute approximate surface area is 59.0 Å². The number of aliphatic carboxylic acids is 1. The van der Waals surface area contributed by atoms with E-state index in [-0.39, 0.29) is 0 Å². The van der Waals surface area contributed by atoms with Crippen LogP contribution < -0.4 is 0 Å². The van der Waals surface area contributed by atoms with E-state index in [1.807, 2.05) is 0 Å². The quantitative estimate of drug-likeness (QED) is 0.561. The second-order valence-corrected chi connectivity index (χ2v) is 2.52. The molecule has 0 aromatic carbocycles. The Bertz CT molecular complexity index is 193. The van der Waals surface area contributed by atoms with Gasteiger partial charge in [0.1, 0.15) is 0 Å². The third-order valence-corrected chi connectivity index (χ3v) is 1.90. The fourth-order valence-corrected chi connectivity index (χ4v) is 1.17. The third-order valence-electron chi connectivity index (χ3n) is 1.90. The molecule has 10 heavy (non-hydrogen) atoms. The van der Waals surface area contributed by atoms with Crippen LogP contribution in [0.1, 0.15) is 19.8 Å². The van der Waals surface area contributed by atoms with Gasteiger partial charge in [0.25, 0.3) is 0 Å². The van der Waals surface area contributed by atoms with Gasteiger partial charge < -0.3 is 10.2 Å². The number of carboxylic acid groups (broad SMARTS) is 1. The molecule has 1 unspecified atom stereocenters. The SMILES string of the molecule is CC1=C(C(=O)O)CCC1O. The van der Waals surface area contributed by atoms with Crippen LogP contribution in [0.2, 0.25) is 0 Å². The molecule has 0 aromatic rings. The van der Waals surface area contributed by atoms with E-state index in [1.165, 1.54) is 0 Å². The van der Waals surface area contributed by atoms with Crippen LogP contribution in [-0.2, 0) is 4.79 Å². The van der Waals surface area contributed by atoms with Gasteiger partial charge in [-0.2, -0.15) is 0 Å². The van der Waals surface area contributed by atoms with E-state index in [0.717, 1.165) is 0 Å². The third kappa shape index (κ3) is 1.04. The first kappa shape index (κ1) is 7.28. The van der Waals surface area contributed by atoms with Crippen LogP contribution in [0.4, 0.5) is 0 Å². The average Bonchev–Trinajstić information content (AvgIpc) is 2.14. The number of rotatable bonds is 1. The first-order chi connectivity index (χ1) is 4.63. The summed E-state index contributed by atoms with van der Waals surface area (Å²) in [6.07, 6.45) is 0.543. The van der Waals surface area contributed by atoms with E-state index in [1.54, 1.807) is 6.92 Å². The molecule has 0 amide bonds. The van der Waals surface area contributed by atoms with Gasteiger partial charge in [0.2, 0.25) is 0 Å². The van der Waals surface area contributed by atoms with E-state index in [0.29, 0.717) is 24.0 Å². The molecule has 3 heteroatoms. The standard InChI is InChI=1S/C7H10O3/c1-4-5(7(9)10)2-3-6(4)8/h6,8H,2-3H2,1H3,(H,9,10). The van der Waals surface area contributed by atoms with Crippen molar-refractivity contribution in [2.45, 2.75) is 25.9 Å². The van der Waals surface area contributed by atoms with Gasteiger partial charge in [-0.1, -0.05) is 0 Å². The summed E-state index contributed by atoms with van der Waals surface area (Å²) in [4.78, 5) is 10.4. The Hall–Kier alpha value is -0.830. The average molecular weight is 142 g/mol. The summed E-state index contributed by atoms with van der Waals surface area (Å²) < 4.78 is 0. The lowest BCUT2D eigenvalue weighted by Gasteiger charge is -1.99. The minimum atomic E-state index is -0.894. The first-order valence-electron chi connectivity index (χ1n) is 3.24. The summed E-state index contributed by atoms with van der Waals surface area (Å²) in [5.41, 5.74) is 1.00. The highest BCUT2D eigenvalue weighted by molar-refractivity contribution is 5.88. The number of aliphatic hydroxyl groups excluding tert-OH is 1. The Kier molecular flexibility index (Phi) is 1.76. The Morgan fingerprint density at radius 1 is 1.70 bits per heavy atom. The van der Waals surface area contributed by atoms with Crippen molar-refractivity contribution in [1.29, 1.82) is 0 Å². The van der Waals surface area contributed by atoms with Crippen LogP contribution in [0.5, 0.6) is 0 Å². The zero-order valence-corrected chi connectivity index (χ0v) is 5.79. The van der Waals surface area contributed by atoms with Crippen molar-refractivity contribution in [3.63, 3.8) is 0 Å². The Morgan fingerprint density at radius 3 is 2.50 bits per heavy atom. The summed E-state index contributed by atoms with van der Waals surface area (Å²) in [7, 11) is 0. The maximum Gasteiger partial charge on any atom is 0.331 e. The van der Waals surface area contributed by atoms with Crippen LogP contribution >= 0.6 is 0 Å². The van der Waals surface area contributed by atoms with Gasteiger partial charge in [0.15, 0.2) is 0 Å². The molecule has 1 aliphatic carbocycles. The molecular weight excluding hydrogens is 132 g/mol. The number of carboxylic acids is 1. The molecule has 1 atom stereocenters. The predicted molar refractivity (Wildman–Crippen MR) is 35.6 cm³/mol. The number of carbonyl (C=O) groups is 1. The molecule has 56 valence electrons. The fourth-order valence-electron chi connectivity index (χ4n) is 1.17. The Balaban J connectivity index is 2.85. The van der Waals surface area contributed by atoms with Crippen LogP contribution in [0.25, 0.3) is 0 Å². The van der Waals surface area contributed by atoms with Gasteiger partial charge in [-0.05, 0) is 25.3 Å². The predicted octanol–water partition coefficient (Wildman–Crippen LogP) is 0.542. The molecule has 0 radical (unpaired) electrons. The minimum absolute atomic E-state index is 0.382. The molecule has 1 rings (SSSR count). The van der Waals surface area contributed by atoms with Gasteiger partial charge in [0, 0.05) is 5.57 Å². The van der Waals surface area contributed by atoms with Crippen LogP contribution in [0, 0.1) is 0 Å². The molecule has 3 nitrogen and oxygen atoms in total. The maximum atomic E-state index is 10.4. The van der Waals surface area contributed by atoms with Crippen molar-refractivity contribution in [2.24, 2.45) is 0 Å². The van der Waals surface area contributed by atoms with E-state index in [4.69, 9.17) is 10.2 Å². The van der Waals surface area contributed by atoms with Gasteiger partial charge in [0.05, 0.1) is 6.10 Å². The van der Waals surface area contributed by atoms with Gasteiger partial charge in [-0.3, -0.25) is 0 Å². The summed E-state index contributed by atoms with van der Waals surface area (Å²) >= 11 is 0. The Morgan fingerprint density at radius 2 is 2.30 bits per heavy atom. The summed E-state index contributed by atoms with van der Waals surface area (Å²) in [6, 6.07) is 0. The van der Waals surface area contributed by atoms with Crippen LogP contribution in [0.3, 0.4) is 0 Å².